The van der Waals surface area contributed by atoms with Crippen molar-refractivity contribution in [3.05, 3.63) is 24.3 Å². The highest BCUT2D eigenvalue weighted by Crippen LogP contribution is 2.12. The van der Waals surface area contributed by atoms with Gasteiger partial charge in [-0.25, -0.2) is 8.42 Å². The summed E-state index contributed by atoms with van der Waals surface area (Å²) in [5, 5.41) is 0. The summed E-state index contributed by atoms with van der Waals surface area (Å²) in [5.74, 6) is 0. The predicted molar refractivity (Wildman–Crippen MR) is 53.0 cm³/mol. The number of hydrogen-bond donors (Lipinski definition) is 3. The Morgan fingerprint density at radius 1 is 1.17 bits per heavy atom. The molecule has 0 saturated heterocycles. The highest BCUT2D eigenvalue weighted by atomic mass is 32.3. The molecule has 0 radical (unpaired) electrons. The van der Waals surface area contributed by atoms with E-state index in [-0.39, 0.29) is 4.90 Å². The van der Waals surface area contributed by atoms with E-state index in [1.807, 2.05) is 4.13 Å². The fourth-order valence-corrected chi connectivity index (χ4v) is 1.74. The zero-order valence-electron chi connectivity index (χ0n) is 5.93. The SMILES string of the molecule is O=S(=O)(NS)c1ccc(S)cc1. The van der Waals surface area contributed by atoms with E-state index in [1.54, 1.807) is 12.1 Å². The second-order valence-corrected chi connectivity index (χ2v) is 4.81. The van der Waals surface area contributed by atoms with E-state index in [4.69, 9.17) is 0 Å². The number of benzene rings is 1. The van der Waals surface area contributed by atoms with Crippen LogP contribution in [0.4, 0.5) is 0 Å². The molecule has 66 valence electrons. The molecule has 0 spiro atoms. The Balaban J connectivity index is 3.14. The molecular formula is C6H7NO2S3. The van der Waals surface area contributed by atoms with Crippen LogP contribution in [-0.2, 0) is 10.0 Å². The molecule has 1 aromatic rings. The second-order valence-electron chi connectivity index (χ2n) is 2.09. The van der Waals surface area contributed by atoms with Crippen LogP contribution in [0.1, 0.15) is 0 Å². The van der Waals surface area contributed by atoms with Crippen molar-refractivity contribution in [2.75, 3.05) is 0 Å². The molecule has 3 nitrogen and oxygen atoms in total. The monoisotopic (exact) mass is 221 g/mol. The van der Waals surface area contributed by atoms with Gasteiger partial charge in [-0.2, -0.15) is 4.13 Å². The fraction of sp³-hybridized carbons (Fsp3) is 0. The molecule has 0 aromatic heterocycles. The van der Waals surface area contributed by atoms with Gasteiger partial charge in [-0.05, 0) is 24.3 Å². The Hall–Kier alpha value is -0.170. The van der Waals surface area contributed by atoms with Gasteiger partial charge in [0.25, 0.3) is 0 Å². The van der Waals surface area contributed by atoms with Crippen molar-refractivity contribution in [1.82, 2.24) is 4.13 Å². The largest absolute Gasteiger partial charge is 0.249 e. The Bertz CT molecular complexity index is 357. The average Bonchev–Trinajstić information content (AvgIpc) is 2.05. The first-order valence-electron chi connectivity index (χ1n) is 3.01. The zero-order valence-corrected chi connectivity index (χ0v) is 8.53. The summed E-state index contributed by atoms with van der Waals surface area (Å²) in [6.07, 6.45) is 0. The van der Waals surface area contributed by atoms with Gasteiger partial charge in [0.1, 0.15) is 0 Å². The molecule has 0 amide bonds. The van der Waals surface area contributed by atoms with Gasteiger partial charge in [0.15, 0.2) is 0 Å². The number of rotatable bonds is 2. The number of nitrogens with one attached hydrogen (secondary N) is 1. The van der Waals surface area contributed by atoms with Crippen molar-refractivity contribution in [3.8, 4) is 0 Å². The van der Waals surface area contributed by atoms with Crippen LogP contribution in [0.5, 0.6) is 0 Å². The predicted octanol–water partition coefficient (Wildman–Crippen LogP) is 1.10. The van der Waals surface area contributed by atoms with Crippen LogP contribution in [0.25, 0.3) is 0 Å². The van der Waals surface area contributed by atoms with Gasteiger partial charge >= 0.3 is 0 Å². The lowest BCUT2D eigenvalue weighted by Gasteiger charge is -2.00. The Labute approximate surface area is 82.2 Å². The van der Waals surface area contributed by atoms with Gasteiger partial charge in [-0.15, -0.1) is 12.6 Å². The van der Waals surface area contributed by atoms with E-state index in [0.29, 0.717) is 4.90 Å². The second kappa shape index (κ2) is 3.69. The van der Waals surface area contributed by atoms with Crippen molar-refractivity contribution in [2.24, 2.45) is 0 Å². The number of thiol groups is 2. The van der Waals surface area contributed by atoms with Gasteiger partial charge < -0.3 is 0 Å². The van der Waals surface area contributed by atoms with Crippen LogP contribution < -0.4 is 4.13 Å². The molecule has 0 aliphatic carbocycles. The van der Waals surface area contributed by atoms with Crippen LogP contribution in [-0.4, -0.2) is 8.42 Å². The molecule has 0 fully saturated rings. The van der Waals surface area contributed by atoms with Crippen molar-refractivity contribution in [1.29, 1.82) is 0 Å². The molecule has 12 heavy (non-hydrogen) atoms. The molecule has 0 atom stereocenters. The van der Waals surface area contributed by atoms with E-state index in [0.717, 1.165) is 0 Å². The minimum atomic E-state index is -3.43. The molecule has 0 aliphatic heterocycles. The highest BCUT2D eigenvalue weighted by Gasteiger charge is 2.09. The van der Waals surface area contributed by atoms with Gasteiger partial charge in [0.05, 0.1) is 4.90 Å². The quantitative estimate of drug-likeness (QED) is 0.655. The molecule has 6 heteroatoms. The van der Waals surface area contributed by atoms with Crippen LogP contribution in [0.2, 0.25) is 0 Å². The molecule has 0 heterocycles. The average molecular weight is 221 g/mol. The maximum Gasteiger partial charge on any atom is 0.249 e. The molecule has 1 N–H and O–H groups in total. The molecular weight excluding hydrogens is 214 g/mol. The molecule has 1 rings (SSSR count). The van der Waals surface area contributed by atoms with E-state index in [9.17, 15) is 8.42 Å². The molecule has 0 saturated carbocycles. The van der Waals surface area contributed by atoms with Gasteiger partial charge in [0.2, 0.25) is 10.0 Å². The molecule has 0 unspecified atom stereocenters. The fourth-order valence-electron chi connectivity index (χ4n) is 0.678. The third-order valence-electron chi connectivity index (χ3n) is 1.27. The van der Waals surface area contributed by atoms with Gasteiger partial charge in [-0.3, -0.25) is 0 Å². The van der Waals surface area contributed by atoms with E-state index in [1.165, 1.54) is 12.1 Å². The van der Waals surface area contributed by atoms with Crippen molar-refractivity contribution >= 4 is 35.5 Å². The lowest BCUT2D eigenvalue weighted by Crippen LogP contribution is -2.13. The summed E-state index contributed by atoms with van der Waals surface area (Å²) in [7, 11) is -3.43. The first-order valence-corrected chi connectivity index (χ1v) is 5.39. The van der Waals surface area contributed by atoms with Crippen molar-refractivity contribution < 1.29 is 8.42 Å². The van der Waals surface area contributed by atoms with Crippen molar-refractivity contribution in [3.63, 3.8) is 0 Å². The van der Waals surface area contributed by atoms with Gasteiger partial charge in [0, 0.05) is 4.90 Å². The number of sulfonamides is 1. The van der Waals surface area contributed by atoms with E-state index < -0.39 is 10.0 Å². The summed E-state index contributed by atoms with van der Waals surface area (Å²) in [5.41, 5.74) is 0. The maximum atomic E-state index is 11.1. The van der Waals surface area contributed by atoms with Crippen LogP contribution in [0.15, 0.2) is 34.1 Å². The van der Waals surface area contributed by atoms with Crippen molar-refractivity contribution in [2.45, 2.75) is 9.79 Å². The molecule has 0 aliphatic rings. The van der Waals surface area contributed by atoms with E-state index >= 15 is 0 Å². The Morgan fingerprint density at radius 2 is 1.67 bits per heavy atom. The Morgan fingerprint density at radius 3 is 2.08 bits per heavy atom. The summed E-state index contributed by atoms with van der Waals surface area (Å²) in [4.78, 5) is 0.892. The molecule has 0 bridgehead atoms. The van der Waals surface area contributed by atoms with Crippen LogP contribution in [0, 0.1) is 0 Å². The van der Waals surface area contributed by atoms with Crippen LogP contribution >= 0.6 is 25.4 Å². The summed E-state index contributed by atoms with van der Waals surface area (Å²) in [6.45, 7) is 0. The van der Waals surface area contributed by atoms with Gasteiger partial charge in [-0.1, -0.05) is 12.8 Å². The number of hydrogen-bond acceptors (Lipinski definition) is 4. The summed E-state index contributed by atoms with van der Waals surface area (Å²) < 4.78 is 24.1. The minimum absolute atomic E-state index is 0.176. The topological polar surface area (TPSA) is 46.2 Å². The van der Waals surface area contributed by atoms with Crippen LogP contribution in [0.3, 0.4) is 0 Å². The van der Waals surface area contributed by atoms with E-state index in [2.05, 4.69) is 25.4 Å². The lowest BCUT2D eigenvalue weighted by atomic mass is 10.4. The summed E-state index contributed by atoms with van der Waals surface area (Å²) in [6, 6.07) is 6.12. The third-order valence-corrected chi connectivity index (χ3v) is 3.42. The molecule has 1 aromatic carbocycles. The highest BCUT2D eigenvalue weighted by molar-refractivity contribution is 8.00. The lowest BCUT2D eigenvalue weighted by molar-refractivity contribution is 0.594. The third kappa shape index (κ3) is 2.16. The summed E-state index contributed by atoms with van der Waals surface area (Å²) >= 11 is 7.50. The standard InChI is InChI=1S/C6H7NO2S3/c8-12(9,7-11)6-3-1-5(10)2-4-6/h1-4,7,10-11H. The normalized spacial score (nSPS) is 11.5. The smallest absolute Gasteiger partial charge is 0.206 e. The minimum Gasteiger partial charge on any atom is -0.206 e. The first kappa shape index (κ1) is 9.91. The zero-order chi connectivity index (χ0) is 9.19. The Kier molecular flexibility index (Phi) is 3.05. The first-order chi connectivity index (χ1) is 5.56. The maximum absolute atomic E-state index is 11.1.